The van der Waals surface area contributed by atoms with Gasteiger partial charge in [0.2, 0.25) is 0 Å². The predicted octanol–water partition coefficient (Wildman–Crippen LogP) is 3.09. The number of aliphatic carboxylic acids is 1. The van der Waals surface area contributed by atoms with Crippen molar-refractivity contribution < 1.29 is 9.90 Å². The molecule has 0 fully saturated rings. The smallest absolute Gasteiger partial charge is 0.307 e. The number of carboxylic acid groups (broad SMARTS) is 1. The highest BCUT2D eigenvalue weighted by atomic mass is 32.1. The zero-order chi connectivity index (χ0) is 10.8. The molecule has 0 atom stereocenters. The fraction of sp³-hybridized carbons (Fsp3) is 0.250. The third kappa shape index (κ3) is 2.02. The molecule has 0 aliphatic rings. The van der Waals surface area contributed by atoms with Crippen molar-refractivity contribution in [2.75, 3.05) is 0 Å². The van der Waals surface area contributed by atoms with E-state index in [1.165, 1.54) is 4.88 Å². The molecule has 1 heterocycles. The van der Waals surface area contributed by atoms with Crippen molar-refractivity contribution in [3.8, 4) is 0 Å². The molecule has 0 aliphatic heterocycles. The Morgan fingerprint density at radius 1 is 1.47 bits per heavy atom. The fourth-order valence-corrected chi connectivity index (χ4v) is 2.76. The molecule has 1 aromatic carbocycles. The van der Waals surface area contributed by atoms with E-state index in [0.29, 0.717) is 0 Å². The first-order valence-electron chi connectivity index (χ1n) is 4.93. The van der Waals surface area contributed by atoms with Gasteiger partial charge in [0.15, 0.2) is 0 Å². The maximum atomic E-state index is 10.7. The Hall–Kier alpha value is -1.35. The van der Waals surface area contributed by atoms with Gasteiger partial charge in [0.1, 0.15) is 0 Å². The minimum Gasteiger partial charge on any atom is -0.481 e. The molecule has 0 aliphatic carbocycles. The van der Waals surface area contributed by atoms with Crippen LogP contribution < -0.4 is 0 Å². The van der Waals surface area contributed by atoms with Crippen LogP contribution in [0.5, 0.6) is 0 Å². The lowest BCUT2D eigenvalue weighted by atomic mass is 10.1. The Bertz CT molecular complexity index is 499. The van der Waals surface area contributed by atoms with E-state index in [-0.39, 0.29) is 6.42 Å². The summed E-state index contributed by atoms with van der Waals surface area (Å²) >= 11 is 1.70. The second-order valence-corrected chi connectivity index (χ2v) is 4.61. The number of hydrogen-bond donors (Lipinski definition) is 1. The van der Waals surface area contributed by atoms with Crippen LogP contribution in [0.4, 0.5) is 0 Å². The van der Waals surface area contributed by atoms with Crippen LogP contribution in [0.25, 0.3) is 10.1 Å². The number of carbonyl (C=O) groups is 1. The number of carboxylic acids is 1. The first-order chi connectivity index (χ1) is 7.20. The first kappa shape index (κ1) is 10.2. The summed E-state index contributed by atoms with van der Waals surface area (Å²) in [5, 5.41) is 9.96. The largest absolute Gasteiger partial charge is 0.481 e. The first-order valence-corrected chi connectivity index (χ1v) is 5.74. The van der Waals surface area contributed by atoms with Gasteiger partial charge in [0.05, 0.1) is 6.42 Å². The van der Waals surface area contributed by atoms with Crippen molar-refractivity contribution in [3.05, 3.63) is 34.7 Å². The van der Waals surface area contributed by atoms with Crippen molar-refractivity contribution >= 4 is 27.4 Å². The molecule has 15 heavy (non-hydrogen) atoms. The number of hydrogen-bond acceptors (Lipinski definition) is 2. The Labute approximate surface area is 92.2 Å². The normalized spacial score (nSPS) is 10.7. The number of benzene rings is 1. The molecule has 3 heteroatoms. The second kappa shape index (κ2) is 4.03. The van der Waals surface area contributed by atoms with Crippen LogP contribution in [0.2, 0.25) is 0 Å². The Morgan fingerprint density at radius 3 is 2.93 bits per heavy atom. The summed E-state index contributed by atoms with van der Waals surface area (Å²) in [5.74, 6) is -0.769. The minimum atomic E-state index is -0.769. The summed E-state index contributed by atoms with van der Waals surface area (Å²) in [6, 6.07) is 8.00. The van der Waals surface area contributed by atoms with Crippen LogP contribution in [0.15, 0.2) is 24.3 Å². The topological polar surface area (TPSA) is 37.3 Å². The van der Waals surface area contributed by atoms with Gasteiger partial charge < -0.3 is 5.11 Å². The molecule has 2 nitrogen and oxygen atoms in total. The van der Waals surface area contributed by atoms with Crippen LogP contribution in [0.3, 0.4) is 0 Å². The summed E-state index contributed by atoms with van der Waals surface area (Å²) in [5.41, 5.74) is 0.921. The molecule has 0 amide bonds. The summed E-state index contributed by atoms with van der Waals surface area (Å²) in [7, 11) is 0. The summed E-state index contributed by atoms with van der Waals surface area (Å²) < 4.78 is 1.12. The molecule has 0 saturated heterocycles. The Morgan fingerprint density at radius 2 is 2.27 bits per heavy atom. The quantitative estimate of drug-likeness (QED) is 0.863. The number of aryl methyl sites for hydroxylation is 1. The molecule has 78 valence electrons. The van der Waals surface area contributed by atoms with Crippen LogP contribution in [-0.4, -0.2) is 11.1 Å². The average molecular weight is 220 g/mol. The van der Waals surface area contributed by atoms with Gasteiger partial charge in [0, 0.05) is 9.58 Å². The number of fused-ring (bicyclic) bond motifs is 1. The van der Waals surface area contributed by atoms with Crippen LogP contribution >= 0.6 is 11.3 Å². The third-order valence-corrected chi connectivity index (χ3v) is 3.74. The van der Waals surface area contributed by atoms with E-state index in [2.05, 4.69) is 13.0 Å². The number of thiophene rings is 1. The lowest BCUT2D eigenvalue weighted by molar-refractivity contribution is -0.136. The van der Waals surface area contributed by atoms with Crippen molar-refractivity contribution in [1.29, 1.82) is 0 Å². The standard InChI is InChI=1S/C12H12O2S/c1-2-10-6-8-4-3-5-9(7-11(13)14)12(8)15-10/h3-6H,2,7H2,1H3,(H,13,14). The highest BCUT2D eigenvalue weighted by Gasteiger charge is 2.08. The van der Waals surface area contributed by atoms with Gasteiger partial charge in [0.25, 0.3) is 0 Å². The third-order valence-electron chi connectivity index (χ3n) is 2.37. The van der Waals surface area contributed by atoms with Crippen LogP contribution in [0.1, 0.15) is 17.4 Å². The molecule has 1 aromatic heterocycles. The van der Waals surface area contributed by atoms with E-state index in [4.69, 9.17) is 5.11 Å². The van der Waals surface area contributed by atoms with Gasteiger partial charge in [-0.15, -0.1) is 11.3 Å². The molecular formula is C12H12O2S. The molecule has 0 spiro atoms. The van der Waals surface area contributed by atoms with E-state index in [1.807, 2.05) is 18.2 Å². The molecule has 2 aromatic rings. The molecule has 0 bridgehead atoms. The monoisotopic (exact) mass is 220 g/mol. The Balaban J connectivity index is 2.54. The predicted molar refractivity (Wildman–Crippen MR) is 62.5 cm³/mol. The van der Waals surface area contributed by atoms with Crippen molar-refractivity contribution in [2.45, 2.75) is 19.8 Å². The van der Waals surface area contributed by atoms with Gasteiger partial charge >= 0.3 is 5.97 Å². The fourth-order valence-electron chi connectivity index (χ4n) is 1.65. The van der Waals surface area contributed by atoms with Gasteiger partial charge in [-0.05, 0) is 23.4 Å². The van der Waals surface area contributed by atoms with E-state index < -0.39 is 5.97 Å². The van der Waals surface area contributed by atoms with Gasteiger partial charge in [-0.1, -0.05) is 25.1 Å². The molecule has 0 unspecified atom stereocenters. The maximum absolute atomic E-state index is 10.7. The van der Waals surface area contributed by atoms with E-state index in [1.54, 1.807) is 11.3 Å². The van der Waals surface area contributed by atoms with Gasteiger partial charge in [-0.3, -0.25) is 4.79 Å². The van der Waals surface area contributed by atoms with Gasteiger partial charge in [-0.2, -0.15) is 0 Å². The molecule has 2 rings (SSSR count). The second-order valence-electron chi connectivity index (χ2n) is 3.47. The molecular weight excluding hydrogens is 208 g/mol. The Kier molecular flexibility index (Phi) is 2.73. The van der Waals surface area contributed by atoms with Crippen molar-refractivity contribution in [1.82, 2.24) is 0 Å². The highest BCUT2D eigenvalue weighted by molar-refractivity contribution is 7.19. The van der Waals surface area contributed by atoms with Crippen molar-refractivity contribution in [2.24, 2.45) is 0 Å². The summed E-state index contributed by atoms with van der Waals surface area (Å²) in [6.45, 7) is 2.11. The zero-order valence-electron chi connectivity index (χ0n) is 8.49. The molecule has 1 N–H and O–H groups in total. The SMILES string of the molecule is CCc1cc2cccc(CC(=O)O)c2s1. The van der Waals surface area contributed by atoms with E-state index in [9.17, 15) is 4.79 Å². The lowest BCUT2D eigenvalue weighted by Crippen LogP contribution is -1.99. The van der Waals surface area contributed by atoms with Gasteiger partial charge in [-0.25, -0.2) is 0 Å². The number of rotatable bonds is 3. The zero-order valence-corrected chi connectivity index (χ0v) is 9.30. The van der Waals surface area contributed by atoms with Crippen molar-refractivity contribution in [3.63, 3.8) is 0 Å². The lowest BCUT2D eigenvalue weighted by Gasteiger charge is -1.98. The summed E-state index contributed by atoms with van der Waals surface area (Å²) in [6.07, 6.45) is 1.12. The summed E-state index contributed by atoms with van der Waals surface area (Å²) in [4.78, 5) is 12.0. The van der Waals surface area contributed by atoms with E-state index in [0.717, 1.165) is 22.1 Å². The highest BCUT2D eigenvalue weighted by Crippen LogP contribution is 2.29. The maximum Gasteiger partial charge on any atom is 0.307 e. The molecule has 0 saturated carbocycles. The van der Waals surface area contributed by atoms with Crippen LogP contribution in [-0.2, 0) is 17.6 Å². The van der Waals surface area contributed by atoms with Crippen LogP contribution in [0, 0.1) is 0 Å². The average Bonchev–Trinajstić information content (AvgIpc) is 2.61. The van der Waals surface area contributed by atoms with E-state index >= 15 is 0 Å². The molecule has 0 radical (unpaired) electrons. The minimum absolute atomic E-state index is 0.112.